The molecule has 2 aromatic rings. The van der Waals surface area contributed by atoms with Crippen molar-refractivity contribution in [3.05, 3.63) is 53.1 Å². The highest BCUT2D eigenvalue weighted by atomic mass is 16.5. The van der Waals surface area contributed by atoms with Crippen molar-refractivity contribution in [3.8, 4) is 17.2 Å². The van der Waals surface area contributed by atoms with Gasteiger partial charge in [-0.15, -0.1) is 0 Å². The lowest BCUT2D eigenvalue weighted by Gasteiger charge is -2.29. The van der Waals surface area contributed by atoms with Crippen LogP contribution in [0.25, 0.3) is 0 Å². The fourth-order valence-electron chi connectivity index (χ4n) is 3.43. The van der Waals surface area contributed by atoms with Crippen LogP contribution in [-0.4, -0.2) is 40.5 Å². The smallest absolute Gasteiger partial charge is 0.174 e. The molecular formula is C21H25NO4. The van der Waals surface area contributed by atoms with Gasteiger partial charge in [0.2, 0.25) is 0 Å². The van der Waals surface area contributed by atoms with E-state index in [0.29, 0.717) is 17.7 Å². The Morgan fingerprint density at radius 3 is 2.46 bits per heavy atom. The molecule has 0 spiro atoms. The van der Waals surface area contributed by atoms with Crippen LogP contribution in [0.3, 0.4) is 0 Å². The lowest BCUT2D eigenvalue weighted by Crippen LogP contribution is -2.26. The third kappa shape index (κ3) is 3.53. The largest absolute Gasteiger partial charge is 0.507 e. The number of carbonyl (C=O) groups excluding carboxylic acids is 1. The maximum atomic E-state index is 12.7. The van der Waals surface area contributed by atoms with E-state index in [2.05, 4.69) is 18.7 Å². The zero-order valence-corrected chi connectivity index (χ0v) is 15.2. The van der Waals surface area contributed by atoms with E-state index in [9.17, 15) is 15.0 Å². The Hall–Kier alpha value is -2.53. The standard InChI is InChI=1S/C21H25NO4/c1-3-22(4-2)11-10-15-16(23)12-17(24)20-18(25)13-19(26-21(15)20)14-8-6-5-7-9-14/h5-9,12,19,23-24H,3-4,10-11,13H2,1-2H3. The van der Waals surface area contributed by atoms with Gasteiger partial charge in [-0.05, 0) is 25.1 Å². The Morgan fingerprint density at radius 2 is 1.81 bits per heavy atom. The van der Waals surface area contributed by atoms with Gasteiger partial charge in [-0.2, -0.15) is 0 Å². The second-order valence-electron chi connectivity index (χ2n) is 6.52. The first-order valence-electron chi connectivity index (χ1n) is 9.10. The van der Waals surface area contributed by atoms with E-state index < -0.39 is 6.10 Å². The number of carbonyl (C=O) groups is 1. The van der Waals surface area contributed by atoms with Gasteiger partial charge >= 0.3 is 0 Å². The fourth-order valence-corrected chi connectivity index (χ4v) is 3.43. The van der Waals surface area contributed by atoms with Crippen LogP contribution in [0.1, 0.15) is 47.9 Å². The van der Waals surface area contributed by atoms with Gasteiger partial charge in [-0.1, -0.05) is 44.2 Å². The first-order chi connectivity index (χ1) is 12.5. The summed E-state index contributed by atoms with van der Waals surface area (Å²) in [5.74, 6) is -0.100. The van der Waals surface area contributed by atoms with Crippen molar-refractivity contribution in [2.75, 3.05) is 19.6 Å². The number of benzene rings is 2. The topological polar surface area (TPSA) is 70.0 Å². The van der Waals surface area contributed by atoms with Crippen molar-refractivity contribution in [3.63, 3.8) is 0 Å². The molecule has 0 radical (unpaired) electrons. The zero-order chi connectivity index (χ0) is 18.7. The number of phenols is 2. The molecule has 0 fully saturated rings. The maximum Gasteiger partial charge on any atom is 0.174 e. The number of ether oxygens (including phenoxy) is 1. The van der Waals surface area contributed by atoms with Gasteiger partial charge in [0, 0.05) is 18.2 Å². The van der Waals surface area contributed by atoms with Crippen molar-refractivity contribution < 1.29 is 19.7 Å². The molecule has 0 aromatic heterocycles. The molecule has 3 rings (SSSR count). The summed E-state index contributed by atoms with van der Waals surface area (Å²) < 4.78 is 6.12. The zero-order valence-electron chi connectivity index (χ0n) is 15.2. The van der Waals surface area contributed by atoms with Crippen LogP contribution in [0.5, 0.6) is 17.2 Å². The molecule has 5 heteroatoms. The fraction of sp³-hybridized carbons (Fsp3) is 0.381. The van der Waals surface area contributed by atoms with Crippen molar-refractivity contribution in [1.82, 2.24) is 4.90 Å². The van der Waals surface area contributed by atoms with Crippen LogP contribution >= 0.6 is 0 Å². The second kappa shape index (κ2) is 7.79. The predicted molar refractivity (Wildman–Crippen MR) is 100 cm³/mol. The predicted octanol–water partition coefficient (Wildman–Crippen LogP) is 3.69. The molecule has 5 nitrogen and oxygen atoms in total. The highest BCUT2D eigenvalue weighted by Gasteiger charge is 2.33. The van der Waals surface area contributed by atoms with Crippen LogP contribution in [0.15, 0.2) is 36.4 Å². The van der Waals surface area contributed by atoms with Crippen molar-refractivity contribution in [2.24, 2.45) is 0 Å². The number of aromatic hydroxyl groups is 2. The number of rotatable bonds is 6. The second-order valence-corrected chi connectivity index (χ2v) is 6.52. The van der Waals surface area contributed by atoms with Gasteiger partial charge in [-0.25, -0.2) is 0 Å². The minimum Gasteiger partial charge on any atom is -0.507 e. The summed E-state index contributed by atoms with van der Waals surface area (Å²) in [5.41, 5.74) is 1.67. The minimum absolute atomic E-state index is 0.0325. The van der Waals surface area contributed by atoms with Crippen LogP contribution in [0.2, 0.25) is 0 Å². The van der Waals surface area contributed by atoms with E-state index in [0.717, 1.165) is 25.2 Å². The maximum absolute atomic E-state index is 12.7. The van der Waals surface area contributed by atoms with E-state index >= 15 is 0 Å². The van der Waals surface area contributed by atoms with Gasteiger partial charge in [0.05, 0.1) is 6.42 Å². The number of nitrogens with zero attached hydrogens (tertiary/aromatic N) is 1. The Morgan fingerprint density at radius 1 is 1.12 bits per heavy atom. The number of likely N-dealkylation sites (N-methyl/N-ethyl adjacent to an activating group) is 1. The number of hydrogen-bond donors (Lipinski definition) is 2. The van der Waals surface area contributed by atoms with Crippen LogP contribution in [0.4, 0.5) is 0 Å². The lowest BCUT2D eigenvalue weighted by molar-refractivity contribution is 0.0841. The van der Waals surface area contributed by atoms with Crippen molar-refractivity contribution in [1.29, 1.82) is 0 Å². The normalized spacial score (nSPS) is 16.4. The number of phenolic OH excluding ortho intramolecular Hbond substituents is 2. The molecule has 1 heterocycles. The molecule has 0 amide bonds. The molecule has 0 saturated carbocycles. The Labute approximate surface area is 153 Å². The first kappa shape index (κ1) is 18.3. The van der Waals surface area contributed by atoms with E-state index in [-0.39, 0.29) is 29.3 Å². The average molecular weight is 355 g/mol. The summed E-state index contributed by atoms with van der Waals surface area (Å²) >= 11 is 0. The molecule has 1 unspecified atom stereocenters. The first-order valence-corrected chi connectivity index (χ1v) is 9.10. The lowest BCUT2D eigenvalue weighted by atomic mass is 9.92. The average Bonchev–Trinajstić information content (AvgIpc) is 2.64. The molecule has 26 heavy (non-hydrogen) atoms. The molecule has 2 N–H and O–H groups in total. The van der Waals surface area contributed by atoms with Crippen LogP contribution < -0.4 is 4.74 Å². The number of fused-ring (bicyclic) bond motifs is 1. The quantitative estimate of drug-likeness (QED) is 0.827. The van der Waals surface area contributed by atoms with Gasteiger partial charge < -0.3 is 19.8 Å². The molecule has 1 aliphatic rings. The summed E-state index contributed by atoms with van der Waals surface area (Å²) in [5, 5.41) is 20.6. The van der Waals surface area contributed by atoms with Crippen molar-refractivity contribution >= 4 is 5.78 Å². The summed E-state index contributed by atoms with van der Waals surface area (Å²) in [6.07, 6.45) is 0.306. The molecule has 0 aliphatic carbocycles. The molecule has 0 bridgehead atoms. The number of ketones is 1. The molecule has 0 saturated heterocycles. The van der Waals surface area contributed by atoms with Gasteiger partial charge in [0.15, 0.2) is 5.78 Å². The summed E-state index contributed by atoms with van der Waals surface area (Å²) in [4.78, 5) is 14.9. The Bertz CT molecular complexity index is 784. The Kier molecular flexibility index (Phi) is 5.47. The van der Waals surface area contributed by atoms with Gasteiger partial charge in [0.25, 0.3) is 0 Å². The Balaban J connectivity index is 1.98. The summed E-state index contributed by atoms with van der Waals surface area (Å²) in [7, 11) is 0. The van der Waals surface area contributed by atoms with E-state index in [1.165, 1.54) is 6.07 Å². The SMILES string of the molecule is CCN(CC)CCc1c(O)cc(O)c2c1OC(c1ccccc1)CC2=O. The molecular weight excluding hydrogens is 330 g/mol. The number of Topliss-reactive ketones (excluding diaryl/α,β-unsaturated/α-hetero) is 1. The van der Waals surface area contributed by atoms with Gasteiger partial charge in [0.1, 0.15) is 28.9 Å². The summed E-state index contributed by atoms with van der Waals surface area (Å²) in [6, 6.07) is 10.8. The van der Waals surface area contributed by atoms with Gasteiger partial charge in [-0.3, -0.25) is 4.79 Å². The number of hydrogen-bond acceptors (Lipinski definition) is 5. The monoisotopic (exact) mass is 355 g/mol. The van der Waals surface area contributed by atoms with Crippen molar-refractivity contribution in [2.45, 2.75) is 32.8 Å². The third-order valence-corrected chi connectivity index (χ3v) is 4.99. The highest BCUT2D eigenvalue weighted by Crippen LogP contribution is 2.45. The van der Waals surface area contributed by atoms with E-state index in [1.54, 1.807) is 0 Å². The van der Waals surface area contributed by atoms with Crippen LogP contribution in [0, 0.1) is 0 Å². The van der Waals surface area contributed by atoms with E-state index in [1.807, 2.05) is 30.3 Å². The molecule has 1 aliphatic heterocycles. The van der Waals surface area contributed by atoms with Crippen LogP contribution in [-0.2, 0) is 6.42 Å². The molecule has 2 aromatic carbocycles. The van der Waals surface area contributed by atoms with E-state index in [4.69, 9.17) is 4.74 Å². The molecule has 1 atom stereocenters. The molecule has 138 valence electrons. The highest BCUT2D eigenvalue weighted by molar-refractivity contribution is 6.03. The third-order valence-electron chi connectivity index (χ3n) is 4.99. The summed E-state index contributed by atoms with van der Waals surface area (Å²) in [6.45, 7) is 6.72. The minimum atomic E-state index is -0.412.